The molecule has 0 spiro atoms. The number of benzene rings is 2. The molecule has 1 saturated heterocycles. The maximum absolute atomic E-state index is 13.5. The molecule has 0 unspecified atom stereocenters. The molecule has 1 N–H and O–H groups in total. The van der Waals surface area contributed by atoms with E-state index in [9.17, 15) is 14.3 Å². The minimum absolute atomic E-state index is 0.105. The average Bonchev–Trinajstić information content (AvgIpc) is 2.63. The normalized spacial score (nSPS) is 14.9. The first kappa shape index (κ1) is 15.9. The summed E-state index contributed by atoms with van der Waals surface area (Å²) >= 11 is 1.47. The summed E-state index contributed by atoms with van der Waals surface area (Å²) in [6, 6.07) is 11.5. The van der Waals surface area contributed by atoms with E-state index in [-0.39, 0.29) is 17.0 Å². The minimum atomic E-state index is -0.383. The summed E-state index contributed by atoms with van der Waals surface area (Å²) in [5, 5.41) is 11.7. The molecule has 0 bridgehead atoms. The fourth-order valence-corrected chi connectivity index (χ4v) is 4.10. The largest absolute Gasteiger partial charge is 0.508 e. The smallest absolute Gasteiger partial charge is 0.211 e. The Bertz CT molecular complexity index is 963. The lowest BCUT2D eigenvalue weighted by Crippen LogP contribution is -2.47. The third kappa shape index (κ3) is 3.05. The number of hydrogen-bond acceptors (Lipinski definition) is 5. The topological polar surface area (TPSA) is 43.8 Å². The molecule has 2 heterocycles. The summed E-state index contributed by atoms with van der Waals surface area (Å²) in [7, 11) is 0. The van der Waals surface area contributed by atoms with Crippen LogP contribution in [0.4, 0.5) is 15.8 Å². The Morgan fingerprint density at radius 2 is 1.64 bits per heavy atom. The van der Waals surface area contributed by atoms with Gasteiger partial charge in [0.25, 0.3) is 0 Å². The van der Waals surface area contributed by atoms with Gasteiger partial charge in [0.2, 0.25) is 5.43 Å². The summed E-state index contributed by atoms with van der Waals surface area (Å²) in [4.78, 5) is 17.0. The first-order valence-electron chi connectivity index (χ1n) is 8.12. The van der Waals surface area contributed by atoms with Crippen LogP contribution in [0.1, 0.15) is 0 Å². The zero-order valence-electron chi connectivity index (χ0n) is 13.5. The molecule has 1 aromatic heterocycles. The van der Waals surface area contributed by atoms with Gasteiger partial charge in [-0.05, 0) is 42.5 Å². The van der Waals surface area contributed by atoms with Crippen LogP contribution in [0.2, 0.25) is 0 Å². The van der Waals surface area contributed by atoms with Gasteiger partial charge < -0.3 is 14.9 Å². The van der Waals surface area contributed by atoms with E-state index in [0.717, 1.165) is 36.6 Å². The van der Waals surface area contributed by atoms with Crippen molar-refractivity contribution in [2.75, 3.05) is 36.0 Å². The number of halogens is 1. The predicted octanol–water partition coefficient (Wildman–Crippen LogP) is 3.43. The zero-order chi connectivity index (χ0) is 17.4. The van der Waals surface area contributed by atoms with E-state index < -0.39 is 0 Å². The van der Waals surface area contributed by atoms with Crippen molar-refractivity contribution in [3.8, 4) is 5.75 Å². The van der Waals surface area contributed by atoms with Gasteiger partial charge in [-0.3, -0.25) is 4.79 Å². The van der Waals surface area contributed by atoms with E-state index in [4.69, 9.17) is 0 Å². The molecule has 1 fully saturated rings. The van der Waals surface area contributed by atoms with Gasteiger partial charge in [0.15, 0.2) is 0 Å². The monoisotopic (exact) mass is 356 g/mol. The Hall–Kier alpha value is -2.60. The summed E-state index contributed by atoms with van der Waals surface area (Å²) in [6.45, 7) is 3.03. The lowest BCUT2D eigenvalue weighted by molar-refractivity contribution is 0.475. The second-order valence-corrected chi connectivity index (χ2v) is 6.99. The fourth-order valence-electron chi connectivity index (χ4n) is 3.18. The summed E-state index contributed by atoms with van der Waals surface area (Å²) in [6.07, 6.45) is 0. The third-order valence-electron chi connectivity index (χ3n) is 4.55. The van der Waals surface area contributed by atoms with E-state index in [1.807, 2.05) is 17.5 Å². The lowest BCUT2D eigenvalue weighted by Gasteiger charge is -2.37. The van der Waals surface area contributed by atoms with Gasteiger partial charge in [-0.1, -0.05) is 0 Å². The molecule has 0 radical (unpaired) electrons. The molecular formula is C19H17FN2O2S. The van der Waals surface area contributed by atoms with Crippen LogP contribution in [-0.2, 0) is 0 Å². The standard InChI is InChI=1S/C19H17FN2O2S/c20-13-1-6-18-16(11-13)19(24)17(12-25-18)22-9-7-21(8-10-22)14-2-4-15(23)5-3-14/h1-6,11-12,23H,7-10H2. The molecular weight excluding hydrogens is 339 g/mol. The lowest BCUT2D eigenvalue weighted by atomic mass is 10.2. The molecule has 4 rings (SSSR count). The number of nitrogens with zero attached hydrogens (tertiary/aromatic N) is 2. The number of hydrogen-bond donors (Lipinski definition) is 1. The number of aromatic hydroxyl groups is 1. The van der Waals surface area contributed by atoms with Crippen molar-refractivity contribution >= 4 is 32.8 Å². The fraction of sp³-hybridized carbons (Fsp3) is 0.211. The Morgan fingerprint density at radius 1 is 0.960 bits per heavy atom. The molecule has 0 atom stereocenters. The Morgan fingerprint density at radius 3 is 2.36 bits per heavy atom. The average molecular weight is 356 g/mol. The molecule has 25 heavy (non-hydrogen) atoms. The molecule has 0 saturated carbocycles. The summed E-state index contributed by atoms with van der Waals surface area (Å²) < 4.78 is 14.3. The van der Waals surface area contributed by atoms with Crippen LogP contribution in [0.3, 0.4) is 0 Å². The molecule has 6 heteroatoms. The number of rotatable bonds is 2. The highest BCUT2D eigenvalue weighted by atomic mass is 32.1. The van der Waals surface area contributed by atoms with Crippen molar-refractivity contribution in [1.29, 1.82) is 0 Å². The number of phenolic OH excluding ortho intramolecular Hbond substituents is 1. The van der Waals surface area contributed by atoms with Crippen molar-refractivity contribution in [3.63, 3.8) is 0 Å². The third-order valence-corrected chi connectivity index (χ3v) is 5.50. The highest BCUT2D eigenvalue weighted by Crippen LogP contribution is 2.25. The maximum atomic E-state index is 13.5. The zero-order valence-corrected chi connectivity index (χ0v) is 14.3. The van der Waals surface area contributed by atoms with Crippen molar-refractivity contribution in [1.82, 2.24) is 0 Å². The van der Waals surface area contributed by atoms with Crippen LogP contribution in [0.25, 0.3) is 10.1 Å². The molecule has 4 nitrogen and oxygen atoms in total. The van der Waals surface area contributed by atoms with Crippen LogP contribution in [0.15, 0.2) is 52.6 Å². The molecule has 0 aliphatic carbocycles. The van der Waals surface area contributed by atoms with Crippen LogP contribution >= 0.6 is 11.3 Å². The summed E-state index contributed by atoms with van der Waals surface area (Å²) in [5.41, 5.74) is 1.60. The first-order chi connectivity index (χ1) is 12.1. The van der Waals surface area contributed by atoms with Crippen molar-refractivity contribution in [2.45, 2.75) is 0 Å². The molecule has 0 amide bonds. The molecule has 1 aliphatic heterocycles. The predicted molar refractivity (Wildman–Crippen MR) is 101 cm³/mol. The van der Waals surface area contributed by atoms with Gasteiger partial charge in [0, 0.05) is 47.3 Å². The van der Waals surface area contributed by atoms with E-state index >= 15 is 0 Å². The second kappa shape index (κ2) is 6.37. The summed E-state index contributed by atoms with van der Waals surface area (Å²) in [5.74, 6) is -0.130. The van der Waals surface area contributed by atoms with Crippen molar-refractivity contribution in [2.24, 2.45) is 0 Å². The second-order valence-electron chi connectivity index (χ2n) is 6.08. The van der Waals surface area contributed by atoms with Crippen molar-refractivity contribution < 1.29 is 9.50 Å². The van der Waals surface area contributed by atoms with E-state index in [1.165, 1.54) is 23.5 Å². The highest BCUT2D eigenvalue weighted by Gasteiger charge is 2.20. The number of fused-ring (bicyclic) bond motifs is 1. The van der Waals surface area contributed by atoms with Gasteiger partial charge in [-0.2, -0.15) is 0 Å². The van der Waals surface area contributed by atoms with Crippen LogP contribution < -0.4 is 15.2 Å². The quantitative estimate of drug-likeness (QED) is 0.764. The molecule has 1 aliphatic rings. The SMILES string of the molecule is O=c1c(N2CCN(c3ccc(O)cc3)CC2)csc2ccc(F)cc12. The Kier molecular flexibility index (Phi) is 4.05. The molecule has 2 aromatic carbocycles. The van der Waals surface area contributed by atoms with Crippen molar-refractivity contribution in [3.05, 3.63) is 63.9 Å². The van der Waals surface area contributed by atoms with Gasteiger partial charge >= 0.3 is 0 Å². The molecule has 3 aromatic rings. The van der Waals surface area contributed by atoms with Crippen LogP contribution in [0, 0.1) is 5.82 Å². The van der Waals surface area contributed by atoms with Gasteiger partial charge in [-0.25, -0.2) is 4.39 Å². The van der Waals surface area contributed by atoms with Crippen LogP contribution in [-0.4, -0.2) is 31.3 Å². The molecule has 128 valence electrons. The van der Waals surface area contributed by atoms with Crippen LogP contribution in [0.5, 0.6) is 5.75 Å². The number of piperazine rings is 1. The van der Waals surface area contributed by atoms with E-state index in [0.29, 0.717) is 11.1 Å². The van der Waals surface area contributed by atoms with Gasteiger partial charge in [0.05, 0.1) is 5.69 Å². The first-order valence-corrected chi connectivity index (χ1v) is 9.00. The Balaban J connectivity index is 1.56. The van der Waals surface area contributed by atoms with Gasteiger partial charge in [0.1, 0.15) is 11.6 Å². The van der Waals surface area contributed by atoms with E-state index in [2.05, 4.69) is 9.80 Å². The maximum Gasteiger partial charge on any atom is 0.211 e. The Labute approximate surface area is 148 Å². The number of anilines is 2. The highest BCUT2D eigenvalue weighted by molar-refractivity contribution is 7.16. The minimum Gasteiger partial charge on any atom is -0.508 e. The van der Waals surface area contributed by atoms with E-state index in [1.54, 1.807) is 18.2 Å². The number of phenols is 1. The van der Waals surface area contributed by atoms with Gasteiger partial charge in [-0.15, -0.1) is 11.3 Å².